The Labute approximate surface area is 235 Å². The minimum Gasteiger partial charge on any atom is -0.478 e. The van der Waals surface area contributed by atoms with E-state index in [0.29, 0.717) is 29.1 Å². The predicted molar refractivity (Wildman–Crippen MR) is 152 cm³/mol. The molecule has 0 aromatic heterocycles. The maximum absolute atomic E-state index is 13.7. The van der Waals surface area contributed by atoms with E-state index in [1.54, 1.807) is 0 Å². The molecule has 0 amide bonds. The summed E-state index contributed by atoms with van der Waals surface area (Å²) in [6, 6.07) is 0. The number of aliphatic carboxylic acids is 1. The number of allylic oxidation sites excluding steroid dienone is 1. The third kappa shape index (κ3) is 3.65. The van der Waals surface area contributed by atoms with Gasteiger partial charge in [0.05, 0.1) is 0 Å². The molecule has 1 unspecified atom stereocenters. The number of carboxylic acids is 1. The molecule has 0 bridgehead atoms. The molecule has 5 nitrogen and oxygen atoms in total. The Balaban J connectivity index is 1.63. The second-order valence-corrected chi connectivity index (χ2v) is 15.9. The third-order valence-corrected chi connectivity index (χ3v) is 14.0. The fourth-order valence-electron chi connectivity index (χ4n) is 11.7. The van der Waals surface area contributed by atoms with Gasteiger partial charge < -0.3 is 9.84 Å². The molecule has 0 aromatic carbocycles. The Hall–Kier alpha value is -1.65. The van der Waals surface area contributed by atoms with Crippen molar-refractivity contribution in [1.82, 2.24) is 0 Å². The molecule has 5 heteroatoms. The highest BCUT2D eigenvalue weighted by molar-refractivity contribution is 6.01. The summed E-state index contributed by atoms with van der Waals surface area (Å²) in [4.78, 5) is 38.5. The average Bonchev–Trinajstić information content (AvgIpc) is 3.13. The fourth-order valence-corrected chi connectivity index (χ4v) is 11.7. The van der Waals surface area contributed by atoms with Crippen molar-refractivity contribution >= 4 is 17.7 Å². The van der Waals surface area contributed by atoms with Crippen LogP contribution in [0.1, 0.15) is 120 Å². The average molecular weight is 541 g/mol. The Kier molecular flexibility index (Phi) is 6.60. The number of carbonyl (C=O) groups excluding carboxylic acids is 2. The maximum atomic E-state index is 13.7. The number of ether oxygens (including phenoxy) is 1. The van der Waals surface area contributed by atoms with E-state index in [4.69, 9.17) is 4.74 Å². The number of hydrogen-bond acceptors (Lipinski definition) is 4. The van der Waals surface area contributed by atoms with Crippen molar-refractivity contribution in [2.45, 2.75) is 126 Å². The molecule has 5 rings (SSSR count). The van der Waals surface area contributed by atoms with Gasteiger partial charge in [-0.2, -0.15) is 0 Å². The van der Waals surface area contributed by atoms with Crippen molar-refractivity contribution in [3.8, 4) is 0 Å². The van der Waals surface area contributed by atoms with Crippen LogP contribution in [0.15, 0.2) is 11.1 Å². The molecular formula is C34H52O5. The summed E-state index contributed by atoms with van der Waals surface area (Å²) in [5, 5.41) is 10.3. The molecule has 1 N–H and O–H groups in total. The predicted octanol–water partition coefficient (Wildman–Crippen LogP) is 7.62. The topological polar surface area (TPSA) is 80.7 Å². The fraction of sp³-hybridized carbons (Fsp3) is 0.853. The Morgan fingerprint density at radius 3 is 2.15 bits per heavy atom. The largest absolute Gasteiger partial charge is 0.478 e. The van der Waals surface area contributed by atoms with Crippen molar-refractivity contribution in [1.29, 1.82) is 0 Å². The van der Waals surface area contributed by atoms with Gasteiger partial charge in [0.1, 0.15) is 0 Å². The number of esters is 1. The highest BCUT2D eigenvalue weighted by atomic mass is 16.6. The van der Waals surface area contributed by atoms with Gasteiger partial charge in [-0.15, -0.1) is 0 Å². The Bertz CT molecular complexity index is 1120. The van der Waals surface area contributed by atoms with Crippen LogP contribution in [0, 0.1) is 56.7 Å². The molecule has 4 fully saturated rings. The summed E-state index contributed by atoms with van der Waals surface area (Å²) in [7, 11) is 0. The number of fused-ring (bicyclic) bond motifs is 7. The lowest BCUT2D eigenvalue weighted by Gasteiger charge is -2.72. The normalized spacial score (nSPS) is 45.6. The summed E-state index contributed by atoms with van der Waals surface area (Å²) in [5.41, 5.74) is 1.68. The van der Waals surface area contributed by atoms with Crippen LogP contribution < -0.4 is 0 Å². The minimum absolute atomic E-state index is 0.0166. The van der Waals surface area contributed by atoms with Gasteiger partial charge in [-0.3, -0.25) is 9.59 Å². The van der Waals surface area contributed by atoms with E-state index in [-0.39, 0.29) is 34.9 Å². The van der Waals surface area contributed by atoms with Crippen LogP contribution in [0.2, 0.25) is 0 Å². The molecule has 5 aliphatic carbocycles. The molecule has 218 valence electrons. The first-order chi connectivity index (χ1) is 18.0. The number of carboxylic acid groups (broad SMARTS) is 1. The van der Waals surface area contributed by atoms with E-state index in [2.05, 4.69) is 55.4 Å². The number of hydrogen-bond donors (Lipinski definition) is 1. The highest BCUT2D eigenvalue weighted by Crippen LogP contribution is 2.77. The highest BCUT2D eigenvalue weighted by Gasteiger charge is 2.71. The molecule has 0 aliphatic heterocycles. The first kappa shape index (κ1) is 28.9. The van der Waals surface area contributed by atoms with Crippen LogP contribution in [0.25, 0.3) is 0 Å². The van der Waals surface area contributed by atoms with Crippen LogP contribution in [0.3, 0.4) is 0 Å². The van der Waals surface area contributed by atoms with Crippen LogP contribution in [0.5, 0.6) is 0 Å². The lowest BCUT2D eigenvalue weighted by molar-refractivity contribution is -0.223. The molecule has 0 saturated heterocycles. The zero-order chi connectivity index (χ0) is 28.9. The molecule has 0 aromatic rings. The first-order valence-electron chi connectivity index (χ1n) is 15.6. The number of Topliss-reactive ketones (excluding diaryl/α,β-unsaturated/α-hetero) is 1. The van der Waals surface area contributed by atoms with Crippen LogP contribution in [-0.2, 0) is 19.1 Å². The van der Waals surface area contributed by atoms with Gasteiger partial charge in [-0.05, 0) is 114 Å². The summed E-state index contributed by atoms with van der Waals surface area (Å²) in [6.45, 7) is 20.5. The van der Waals surface area contributed by atoms with Gasteiger partial charge in [-0.25, -0.2) is 4.79 Å². The van der Waals surface area contributed by atoms with E-state index in [0.717, 1.165) is 36.3 Å². The SMILES string of the molecule is CC(=O)OC(C(=O)O)[C@@]12CC[C@]3(C)[C@H](CC[C@@H]4[C@@]5(C)CC[C@H](C)C(C)(C)[C@@H]5CC[C@]43C)C1=C(C(C)C)C(=O)C2. The van der Waals surface area contributed by atoms with Gasteiger partial charge in [0, 0.05) is 18.8 Å². The zero-order valence-corrected chi connectivity index (χ0v) is 25.9. The van der Waals surface area contributed by atoms with E-state index in [1.807, 2.05) is 0 Å². The van der Waals surface area contributed by atoms with Gasteiger partial charge >= 0.3 is 11.9 Å². The summed E-state index contributed by atoms with van der Waals surface area (Å²) in [5.74, 6) is 0.573. The van der Waals surface area contributed by atoms with Gasteiger partial charge in [-0.1, -0.05) is 55.4 Å². The molecule has 4 saturated carbocycles. The second kappa shape index (κ2) is 8.92. The molecule has 0 heterocycles. The third-order valence-electron chi connectivity index (χ3n) is 14.0. The molecular weight excluding hydrogens is 488 g/mol. The molecule has 39 heavy (non-hydrogen) atoms. The van der Waals surface area contributed by atoms with Crippen LogP contribution in [0.4, 0.5) is 0 Å². The summed E-state index contributed by atoms with van der Waals surface area (Å²) in [6.07, 6.45) is 7.43. The maximum Gasteiger partial charge on any atom is 0.345 e. The van der Waals surface area contributed by atoms with E-state index >= 15 is 0 Å². The minimum atomic E-state index is -1.31. The van der Waals surface area contributed by atoms with Crippen molar-refractivity contribution in [2.24, 2.45) is 56.7 Å². The summed E-state index contributed by atoms with van der Waals surface area (Å²) < 4.78 is 5.57. The van der Waals surface area contributed by atoms with E-state index in [9.17, 15) is 19.5 Å². The van der Waals surface area contributed by atoms with Gasteiger partial charge in [0.25, 0.3) is 0 Å². The zero-order valence-electron chi connectivity index (χ0n) is 25.9. The Morgan fingerprint density at radius 1 is 0.897 bits per heavy atom. The quantitative estimate of drug-likeness (QED) is 0.371. The van der Waals surface area contributed by atoms with Crippen molar-refractivity contribution in [2.75, 3.05) is 0 Å². The molecule has 0 spiro atoms. The standard InChI is InChI=1S/C34H52O5/c1-19(2)26-23(36)18-34(28(29(37)38)39-21(4)35)17-16-32(8)22(27(26)34)10-11-25-31(7)14-12-20(3)30(5,6)24(31)13-15-33(25,32)9/h19-20,22,24-25,28H,10-18H2,1-9H3,(H,37,38)/t20-,22+,24-,25+,28?,31-,32+,33+,34+/m0/s1. The second-order valence-electron chi connectivity index (χ2n) is 15.9. The first-order valence-corrected chi connectivity index (χ1v) is 15.6. The molecule has 9 atom stereocenters. The summed E-state index contributed by atoms with van der Waals surface area (Å²) >= 11 is 0. The van der Waals surface area contributed by atoms with Crippen molar-refractivity contribution in [3.63, 3.8) is 0 Å². The molecule has 5 aliphatic rings. The van der Waals surface area contributed by atoms with Crippen molar-refractivity contribution < 1.29 is 24.2 Å². The van der Waals surface area contributed by atoms with Crippen LogP contribution >= 0.6 is 0 Å². The van der Waals surface area contributed by atoms with E-state index < -0.39 is 23.5 Å². The van der Waals surface area contributed by atoms with Crippen molar-refractivity contribution in [3.05, 3.63) is 11.1 Å². The lowest BCUT2D eigenvalue weighted by Crippen LogP contribution is -2.65. The van der Waals surface area contributed by atoms with E-state index in [1.165, 1.54) is 32.6 Å². The Morgan fingerprint density at radius 2 is 1.56 bits per heavy atom. The van der Waals surface area contributed by atoms with Gasteiger partial charge in [0.15, 0.2) is 5.78 Å². The monoisotopic (exact) mass is 540 g/mol. The molecule has 0 radical (unpaired) electrons. The number of carbonyl (C=O) groups is 3. The van der Waals surface area contributed by atoms with Gasteiger partial charge in [0.2, 0.25) is 6.10 Å². The smallest absolute Gasteiger partial charge is 0.345 e. The van der Waals surface area contributed by atoms with Crippen LogP contribution in [-0.4, -0.2) is 28.9 Å². The number of rotatable bonds is 4. The lowest BCUT2D eigenvalue weighted by atomic mass is 9.32. The number of ketones is 1.